The molecule has 0 aliphatic heterocycles. The molecular weight excluding hydrogens is 356 g/mol. The normalized spacial score (nSPS) is 10.4. The summed E-state index contributed by atoms with van der Waals surface area (Å²) < 4.78 is 5.55. The fourth-order valence-corrected chi connectivity index (χ4v) is 3.04. The van der Waals surface area contributed by atoms with E-state index in [0.29, 0.717) is 6.61 Å². The molecule has 0 fully saturated rings. The number of hydrogen-bond acceptors (Lipinski definition) is 3. The summed E-state index contributed by atoms with van der Waals surface area (Å²) in [5.74, 6) is 0.667. The summed E-state index contributed by atoms with van der Waals surface area (Å²) in [6, 6.07) is 21.5. The lowest BCUT2D eigenvalue weighted by Gasteiger charge is -2.11. The van der Waals surface area contributed by atoms with Gasteiger partial charge in [0, 0.05) is 5.69 Å². The van der Waals surface area contributed by atoms with E-state index in [9.17, 15) is 4.79 Å². The van der Waals surface area contributed by atoms with Crippen LogP contribution in [0.5, 0.6) is 5.75 Å². The van der Waals surface area contributed by atoms with E-state index in [1.807, 2.05) is 66.7 Å². The molecule has 0 radical (unpaired) electrons. The lowest BCUT2D eigenvalue weighted by atomic mass is 10.0. The number of carbonyl (C=O) groups excluding carboxylic acids is 1. The monoisotopic (exact) mass is 378 g/mol. The zero-order valence-corrected chi connectivity index (χ0v) is 16.0. The van der Waals surface area contributed by atoms with Gasteiger partial charge in [0.2, 0.25) is 5.91 Å². The van der Waals surface area contributed by atoms with Crippen LogP contribution < -0.4 is 15.4 Å². The fourth-order valence-electron chi connectivity index (χ4n) is 2.81. The van der Waals surface area contributed by atoms with Crippen molar-refractivity contribution in [3.8, 4) is 5.75 Å². The van der Waals surface area contributed by atoms with Crippen molar-refractivity contribution in [1.82, 2.24) is 5.32 Å². The molecule has 0 saturated heterocycles. The quantitative estimate of drug-likeness (QED) is 0.611. The molecule has 5 heteroatoms. The van der Waals surface area contributed by atoms with Gasteiger partial charge in [-0.25, -0.2) is 0 Å². The Balaban J connectivity index is 1.56. The summed E-state index contributed by atoms with van der Waals surface area (Å²) in [7, 11) is 0. The molecule has 4 nitrogen and oxygen atoms in total. The van der Waals surface area contributed by atoms with Crippen molar-refractivity contribution in [3.05, 3.63) is 72.3 Å². The molecule has 0 aromatic heterocycles. The van der Waals surface area contributed by atoms with Crippen molar-refractivity contribution in [2.24, 2.45) is 0 Å². The van der Waals surface area contributed by atoms with E-state index < -0.39 is 0 Å². The first-order valence-electron chi connectivity index (χ1n) is 8.96. The number of ether oxygens (including phenoxy) is 1. The van der Waals surface area contributed by atoms with Crippen LogP contribution in [0.4, 0.5) is 5.69 Å². The minimum Gasteiger partial charge on any atom is -0.494 e. The highest BCUT2D eigenvalue weighted by Crippen LogP contribution is 2.19. The third kappa shape index (κ3) is 5.28. The van der Waals surface area contributed by atoms with Crippen LogP contribution in [0.2, 0.25) is 0 Å². The number of rotatable bonds is 6. The number of carbonyl (C=O) groups is 1. The molecule has 1 amide bonds. The van der Waals surface area contributed by atoms with Crippen molar-refractivity contribution in [3.63, 3.8) is 0 Å². The van der Waals surface area contributed by atoms with Crippen molar-refractivity contribution in [2.75, 3.05) is 11.9 Å². The summed E-state index contributed by atoms with van der Waals surface area (Å²) in [5, 5.41) is 8.24. The van der Waals surface area contributed by atoms with E-state index >= 15 is 0 Å². The van der Waals surface area contributed by atoms with Gasteiger partial charge in [-0.15, -0.1) is 0 Å². The van der Waals surface area contributed by atoms with Crippen molar-refractivity contribution in [2.45, 2.75) is 19.8 Å². The van der Waals surface area contributed by atoms with Crippen LogP contribution in [-0.2, 0) is 11.2 Å². The van der Waals surface area contributed by atoms with Gasteiger partial charge in [-0.2, -0.15) is 0 Å². The lowest BCUT2D eigenvalue weighted by molar-refractivity contribution is -0.119. The van der Waals surface area contributed by atoms with Gasteiger partial charge in [-0.3, -0.25) is 4.79 Å². The number of benzene rings is 3. The molecule has 0 unspecified atom stereocenters. The number of amides is 1. The molecular formula is C22H22N2O2S. The SMILES string of the molecule is CCCOc1ccc(NC(=S)NC(=O)Cc2cccc3ccccc23)cc1. The predicted molar refractivity (Wildman–Crippen MR) is 114 cm³/mol. The molecule has 0 spiro atoms. The second kappa shape index (κ2) is 9.14. The number of hydrogen-bond donors (Lipinski definition) is 2. The van der Waals surface area contributed by atoms with Crippen LogP contribution in [0.3, 0.4) is 0 Å². The molecule has 3 aromatic rings. The molecule has 0 saturated carbocycles. The van der Waals surface area contributed by atoms with E-state index in [0.717, 1.165) is 34.2 Å². The standard InChI is InChI=1S/C22H22N2O2S/c1-2-14-26-19-12-10-18(11-13-19)23-22(27)24-21(25)15-17-8-5-7-16-6-3-4-9-20(16)17/h3-13H,2,14-15H2,1H3,(H2,23,24,25,27). The molecule has 0 heterocycles. The average molecular weight is 378 g/mol. The second-order valence-corrected chi connectivity index (χ2v) is 6.60. The van der Waals surface area contributed by atoms with E-state index in [4.69, 9.17) is 17.0 Å². The van der Waals surface area contributed by atoms with E-state index in [1.54, 1.807) is 0 Å². The molecule has 2 N–H and O–H groups in total. The summed E-state index contributed by atoms with van der Waals surface area (Å²) >= 11 is 5.25. The van der Waals surface area contributed by atoms with Gasteiger partial charge in [-0.05, 0) is 59.2 Å². The topological polar surface area (TPSA) is 50.4 Å². The first-order valence-corrected chi connectivity index (χ1v) is 9.37. The fraction of sp³-hybridized carbons (Fsp3) is 0.182. The van der Waals surface area contributed by atoms with Gasteiger partial charge in [0.25, 0.3) is 0 Å². The van der Waals surface area contributed by atoms with Crippen molar-refractivity contribution >= 4 is 39.7 Å². The summed E-state index contributed by atoms with van der Waals surface area (Å²) in [6.45, 7) is 2.75. The highest BCUT2D eigenvalue weighted by molar-refractivity contribution is 7.80. The maximum atomic E-state index is 12.4. The van der Waals surface area contributed by atoms with Crippen LogP contribution in [-0.4, -0.2) is 17.6 Å². The zero-order chi connectivity index (χ0) is 19.1. The first kappa shape index (κ1) is 18.9. The number of fused-ring (bicyclic) bond motifs is 1. The van der Waals surface area contributed by atoms with E-state index in [1.165, 1.54) is 0 Å². The molecule has 3 rings (SSSR count). The van der Waals surface area contributed by atoms with E-state index in [-0.39, 0.29) is 17.4 Å². The van der Waals surface area contributed by atoms with Gasteiger partial charge < -0.3 is 15.4 Å². The minimum absolute atomic E-state index is 0.147. The average Bonchev–Trinajstić information content (AvgIpc) is 2.67. The smallest absolute Gasteiger partial charge is 0.230 e. The summed E-state index contributed by atoms with van der Waals surface area (Å²) in [4.78, 5) is 12.4. The highest BCUT2D eigenvalue weighted by Gasteiger charge is 2.09. The maximum Gasteiger partial charge on any atom is 0.230 e. The Hall–Kier alpha value is -2.92. The molecule has 27 heavy (non-hydrogen) atoms. The third-order valence-corrected chi connectivity index (χ3v) is 4.27. The van der Waals surface area contributed by atoms with Crippen LogP contribution in [0.1, 0.15) is 18.9 Å². The Kier molecular flexibility index (Phi) is 6.39. The summed E-state index contributed by atoms with van der Waals surface area (Å²) in [5.41, 5.74) is 1.78. The second-order valence-electron chi connectivity index (χ2n) is 6.19. The highest BCUT2D eigenvalue weighted by atomic mass is 32.1. The lowest BCUT2D eigenvalue weighted by Crippen LogP contribution is -2.35. The Morgan fingerprint density at radius 3 is 2.52 bits per heavy atom. The Bertz CT molecular complexity index is 933. The van der Waals surface area contributed by atoms with Gasteiger partial charge in [0.15, 0.2) is 5.11 Å². The van der Waals surface area contributed by atoms with Gasteiger partial charge in [0.05, 0.1) is 13.0 Å². The van der Waals surface area contributed by atoms with Gasteiger partial charge >= 0.3 is 0 Å². The van der Waals surface area contributed by atoms with Crippen LogP contribution in [0, 0.1) is 0 Å². The molecule has 0 aliphatic carbocycles. The van der Waals surface area contributed by atoms with Crippen LogP contribution >= 0.6 is 12.2 Å². The molecule has 3 aromatic carbocycles. The van der Waals surface area contributed by atoms with Crippen LogP contribution in [0.15, 0.2) is 66.7 Å². The minimum atomic E-state index is -0.147. The van der Waals surface area contributed by atoms with Gasteiger partial charge in [0.1, 0.15) is 5.75 Å². The van der Waals surface area contributed by atoms with Crippen LogP contribution in [0.25, 0.3) is 10.8 Å². The molecule has 0 bridgehead atoms. The number of anilines is 1. The van der Waals surface area contributed by atoms with Crippen molar-refractivity contribution < 1.29 is 9.53 Å². The first-order chi connectivity index (χ1) is 13.2. The van der Waals surface area contributed by atoms with E-state index in [2.05, 4.69) is 17.6 Å². The molecule has 0 aliphatic rings. The molecule has 0 atom stereocenters. The third-order valence-electron chi connectivity index (χ3n) is 4.07. The maximum absolute atomic E-state index is 12.4. The Morgan fingerprint density at radius 1 is 1.00 bits per heavy atom. The van der Waals surface area contributed by atoms with Gasteiger partial charge in [-0.1, -0.05) is 49.4 Å². The molecule has 138 valence electrons. The predicted octanol–water partition coefficient (Wildman–Crippen LogP) is 4.68. The number of nitrogens with one attached hydrogen (secondary N) is 2. The van der Waals surface area contributed by atoms with Crippen molar-refractivity contribution in [1.29, 1.82) is 0 Å². The largest absolute Gasteiger partial charge is 0.494 e. The Labute approximate surface area is 164 Å². The summed E-state index contributed by atoms with van der Waals surface area (Å²) in [6.07, 6.45) is 1.24. The number of thiocarbonyl (C=S) groups is 1. The zero-order valence-electron chi connectivity index (χ0n) is 15.2. The Morgan fingerprint density at radius 2 is 1.74 bits per heavy atom.